The number of nitrogens with zero attached hydrogens (tertiary/aromatic N) is 2. The first-order chi connectivity index (χ1) is 16.1. The van der Waals surface area contributed by atoms with Crippen molar-refractivity contribution in [2.45, 2.75) is 19.3 Å². The van der Waals surface area contributed by atoms with Gasteiger partial charge in [0.2, 0.25) is 0 Å². The third-order valence-electron chi connectivity index (χ3n) is 6.02. The molecule has 168 valence electrons. The molecule has 0 bridgehead atoms. The van der Waals surface area contributed by atoms with Crippen molar-refractivity contribution in [1.29, 1.82) is 0 Å². The van der Waals surface area contributed by atoms with Crippen molar-refractivity contribution in [3.8, 4) is 33.8 Å². The van der Waals surface area contributed by atoms with Crippen molar-refractivity contribution in [3.63, 3.8) is 0 Å². The van der Waals surface area contributed by atoms with Crippen molar-refractivity contribution in [3.05, 3.63) is 133 Å². The second kappa shape index (κ2) is 10.3. The van der Waals surface area contributed by atoms with Gasteiger partial charge in [-0.05, 0) is 40.6 Å². The van der Waals surface area contributed by atoms with Gasteiger partial charge in [0.1, 0.15) is 0 Å². The molecule has 34 heavy (non-hydrogen) atoms. The molecule has 0 aliphatic carbocycles. The van der Waals surface area contributed by atoms with Crippen LogP contribution in [0.1, 0.15) is 25.0 Å². The minimum Gasteiger partial charge on any atom is -0.345 e. The van der Waals surface area contributed by atoms with Gasteiger partial charge in [-0.1, -0.05) is 56.3 Å². The molecule has 2 nitrogen and oxygen atoms in total. The minimum absolute atomic E-state index is 0. The van der Waals surface area contributed by atoms with Crippen molar-refractivity contribution >= 4 is 0 Å². The van der Waals surface area contributed by atoms with Gasteiger partial charge in [0.25, 0.3) is 0 Å². The molecule has 0 unspecified atom stereocenters. The van der Waals surface area contributed by atoms with E-state index in [9.17, 15) is 0 Å². The van der Waals surface area contributed by atoms with Crippen LogP contribution in [-0.2, 0) is 26.5 Å². The fraction of sp³-hybridized carbons (Fsp3) is 0.0968. The van der Waals surface area contributed by atoms with Crippen LogP contribution in [-0.4, -0.2) is 9.97 Å². The van der Waals surface area contributed by atoms with Crippen molar-refractivity contribution in [1.82, 2.24) is 9.97 Å². The van der Waals surface area contributed by atoms with Gasteiger partial charge < -0.3 is 4.98 Å². The van der Waals surface area contributed by atoms with E-state index in [1.54, 1.807) is 0 Å². The van der Waals surface area contributed by atoms with Crippen molar-refractivity contribution < 1.29 is 21.1 Å². The first-order valence-corrected chi connectivity index (χ1v) is 11.1. The van der Waals surface area contributed by atoms with Crippen molar-refractivity contribution in [2.75, 3.05) is 0 Å². The summed E-state index contributed by atoms with van der Waals surface area (Å²) < 4.78 is 0. The monoisotopic (exact) mass is 619 g/mol. The Labute approximate surface area is 216 Å². The molecule has 0 aliphatic rings. The quantitative estimate of drug-likeness (QED) is 0.192. The predicted molar refractivity (Wildman–Crippen MR) is 135 cm³/mol. The Morgan fingerprint density at radius 3 is 2.15 bits per heavy atom. The summed E-state index contributed by atoms with van der Waals surface area (Å²) in [7, 11) is 0. The Kier molecular flexibility index (Phi) is 7.20. The average Bonchev–Trinajstić information content (AvgIpc) is 2.90. The topological polar surface area (TPSA) is 25.8 Å². The third-order valence-corrected chi connectivity index (χ3v) is 6.02. The zero-order valence-corrected chi connectivity index (χ0v) is 21.4. The first-order valence-electron chi connectivity index (χ1n) is 11.1. The van der Waals surface area contributed by atoms with Gasteiger partial charge in [-0.2, -0.15) is 0 Å². The molecule has 0 amide bonds. The van der Waals surface area contributed by atoms with E-state index in [2.05, 4.69) is 73.4 Å². The van der Waals surface area contributed by atoms with Crippen LogP contribution >= 0.6 is 0 Å². The van der Waals surface area contributed by atoms with Crippen LogP contribution < -0.4 is 0 Å². The standard InChI is InChI=1S/C31H24N2.Pt/c1-31(2,26-15-8-13-24(21-26)28-17-6-7-20-32-28)27-16-9-14-25(22-27)30-19-10-18-29(33-30)23-11-4-3-5-12-23;/h3-11,13-21H,1-2H3;/q-2;+2. The summed E-state index contributed by atoms with van der Waals surface area (Å²) in [5.41, 5.74) is 8.00. The maximum Gasteiger partial charge on any atom is 2.00 e. The maximum atomic E-state index is 4.89. The predicted octanol–water partition coefficient (Wildman–Crippen LogP) is 7.40. The molecular formula is C31H24N2Pt. The molecule has 0 N–H and O–H groups in total. The number of rotatable bonds is 5. The summed E-state index contributed by atoms with van der Waals surface area (Å²) in [6, 6.07) is 41.9. The summed E-state index contributed by atoms with van der Waals surface area (Å²) in [6.45, 7) is 4.48. The SMILES string of the molecule is CC(C)(c1[c-]c(-c2cccc(-c3[c-]cccc3)n2)ccc1)c1cccc(-c2ccccn2)c1.[Pt+2]. The zero-order chi connectivity index (χ0) is 22.7. The molecule has 5 aromatic rings. The van der Waals surface area contributed by atoms with Crippen molar-refractivity contribution in [2.24, 2.45) is 0 Å². The Balaban J connectivity index is 0.00000274. The largest absolute Gasteiger partial charge is 2.00 e. The van der Waals surface area contributed by atoms with Crippen LogP contribution in [0, 0.1) is 12.1 Å². The molecule has 0 saturated heterocycles. The van der Waals surface area contributed by atoms with Crippen LogP contribution in [0.5, 0.6) is 0 Å². The Morgan fingerprint density at radius 2 is 1.38 bits per heavy atom. The van der Waals surface area contributed by atoms with E-state index in [0.29, 0.717) is 0 Å². The molecule has 0 saturated carbocycles. The van der Waals surface area contributed by atoms with Crippen LogP contribution in [0.2, 0.25) is 0 Å². The maximum absolute atomic E-state index is 4.89. The van der Waals surface area contributed by atoms with E-state index >= 15 is 0 Å². The third kappa shape index (κ3) is 4.93. The molecular weight excluding hydrogens is 595 g/mol. The number of hydrogen-bond acceptors (Lipinski definition) is 2. The van der Waals surface area contributed by atoms with E-state index in [4.69, 9.17) is 4.98 Å². The molecule has 0 fully saturated rings. The van der Waals surface area contributed by atoms with E-state index in [0.717, 1.165) is 39.3 Å². The summed E-state index contributed by atoms with van der Waals surface area (Å²) in [5.74, 6) is 0. The van der Waals surface area contributed by atoms with Gasteiger partial charge in [-0.25, -0.2) is 0 Å². The summed E-state index contributed by atoms with van der Waals surface area (Å²) in [4.78, 5) is 9.41. The molecule has 5 rings (SSSR count). The average molecular weight is 620 g/mol. The second-order valence-corrected chi connectivity index (χ2v) is 8.58. The number of aromatic nitrogens is 2. The van der Waals surface area contributed by atoms with Gasteiger partial charge in [-0.3, -0.25) is 4.98 Å². The summed E-state index contributed by atoms with van der Waals surface area (Å²) >= 11 is 0. The van der Waals surface area contributed by atoms with Crippen LogP contribution in [0.4, 0.5) is 0 Å². The fourth-order valence-corrected chi connectivity index (χ4v) is 4.03. The molecule has 0 spiro atoms. The molecule has 0 radical (unpaired) electrons. The molecule has 0 atom stereocenters. The van der Waals surface area contributed by atoms with Gasteiger partial charge in [0, 0.05) is 11.8 Å². The van der Waals surface area contributed by atoms with Crippen LogP contribution in [0.3, 0.4) is 0 Å². The van der Waals surface area contributed by atoms with Crippen LogP contribution in [0.15, 0.2) is 109 Å². The van der Waals surface area contributed by atoms with Gasteiger partial charge >= 0.3 is 21.1 Å². The second-order valence-electron chi connectivity index (χ2n) is 8.58. The number of hydrogen-bond donors (Lipinski definition) is 0. The number of benzene rings is 3. The van der Waals surface area contributed by atoms with E-state index in [1.807, 2.05) is 66.9 Å². The van der Waals surface area contributed by atoms with E-state index < -0.39 is 0 Å². The summed E-state index contributed by atoms with van der Waals surface area (Å²) in [6.07, 6.45) is 1.83. The summed E-state index contributed by atoms with van der Waals surface area (Å²) in [5, 5.41) is 0. The molecule has 0 aliphatic heterocycles. The normalized spacial score (nSPS) is 11.0. The molecule has 3 heteroatoms. The fourth-order valence-electron chi connectivity index (χ4n) is 4.03. The Morgan fingerprint density at radius 1 is 0.676 bits per heavy atom. The molecule has 2 aromatic heterocycles. The van der Waals surface area contributed by atoms with Gasteiger partial charge in [-0.15, -0.1) is 71.3 Å². The zero-order valence-electron chi connectivity index (χ0n) is 19.1. The Bertz CT molecular complexity index is 1380. The van der Waals surface area contributed by atoms with Crippen LogP contribution in [0.25, 0.3) is 33.8 Å². The Hall–Kier alpha value is -3.35. The minimum atomic E-state index is -0.231. The first kappa shape index (κ1) is 23.8. The molecule has 3 aromatic carbocycles. The number of pyridine rings is 2. The van der Waals surface area contributed by atoms with Gasteiger partial charge in [0.05, 0.1) is 5.69 Å². The smallest absolute Gasteiger partial charge is 0.345 e. The van der Waals surface area contributed by atoms with E-state index in [-0.39, 0.29) is 26.5 Å². The van der Waals surface area contributed by atoms with Gasteiger partial charge in [0.15, 0.2) is 0 Å². The van der Waals surface area contributed by atoms with E-state index in [1.165, 1.54) is 5.56 Å². The molecule has 2 heterocycles.